The fraction of sp³-hybridized carbons (Fsp3) is 0.423. The average Bonchev–Trinajstić information content (AvgIpc) is 3.72. The summed E-state index contributed by atoms with van der Waals surface area (Å²) in [7, 11) is 8.61. The number of anilines is 3. The van der Waals surface area contributed by atoms with Crippen LogP contribution in [0.25, 0.3) is 11.3 Å². The summed E-state index contributed by atoms with van der Waals surface area (Å²) >= 11 is 0. The summed E-state index contributed by atoms with van der Waals surface area (Å²) < 4.78 is 10.7. The van der Waals surface area contributed by atoms with Crippen LogP contribution in [0.4, 0.5) is 17.2 Å². The van der Waals surface area contributed by atoms with E-state index in [-0.39, 0.29) is 35.6 Å². The van der Waals surface area contributed by atoms with Crippen LogP contribution in [0.15, 0.2) is 30.5 Å². The minimum Gasteiger partial charge on any atom is -0.494 e. The Morgan fingerprint density at radius 1 is 1.21 bits per heavy atom. The van der Waals surface area contributed by atoms with Crippen LogP contribution in [0.3, 0.4) is 0 Å². The van der Waals surface area contributed by atoms with Crippen molar-refractivity contribution in [2.24, 2.45) is 5.92 Å². The second kappa shape index (κ2) is 14.1. The van der Waals surface area contributed by atoms with E-state index in [2.05, 4.69) is 43.0 Å². The topological polar surface area (TPSA) is 206 Å². The summed E-state index contributed by atoms with van der Waals surface area (Å²) in [6.45, 7) is 4.00. The molecule has 3 aromatic rings. The molecule has 0 spiro atoms. The van der Waals surface area contributed by atoms with Crippen molar-refractivity contribution in [3.8, 4) is 17.0 Å². The molecule has 1 saturated carbocycles. The quantitative estimate of drug-likeness (QED) is 0.114. The first-order valence-electron chi connectivity index (χ1n) is 13.4. The third-order valence-electron chi connectivity index (χ3n) is 6.28. The van der Waals surface area contributed by atoms with Crippen molar-refractivity contribution >= 4 is 43.1 Å². The van der Waals surface area contributed by atoms with Crippen molar-refractivity contribution in [3.63, 3.8) is 0 Å². The lowest BCUT2D eigenvalue weighted by Gasteiger charge is -2.21. The molecule has 2 aliphatic rings. The predicted octanol–water partition coefficient (Wildman–Crippen LogP) is -0.523. The van der Waals surface area contributed by atoms with Crippen molar-refractivity contribution in [2.45, 2.75) is 25.2 Å². The van der Waals surface area contributed by atoms with Gasteiger partial charge in [-0.05, 0) is 32.0 Å². The number of methoxy groups -OCH3 is 1. The van der Waals surface area contributed by atoms with Gasteiger partial charge in [0.05, 0.1) is 37.9 Å². The minimum atomic E-state index is -3.00. The summed E-state index contributed by atoms with van der Waals surface area (Å²) in [6.07, 6.45) is 3.68. The number of nitrogens with one attached hydrogen (secondary N) is 3. The highest BCUT2D eigenvalue weighted by Gasteiger charge is 2.30. The molecule has 1 aromatic carbocycles. The van der Waals surface area contributed by atoms with Gasteiger partial charge >= 0.3 is 0 Å². The summed E-state index contributed by atoms with van der Waals surface area (Å²) in [6, 6.07) is 6.42. The Bertz CT molecular complexity index is 1440. The van der Waals surface area contributed by atoms with Crippen molar-refractivity contribution in [2.75, 3.05) is 51.1 Å². The highest BCUT2D eigenvalue weighted by atomic mass is 16.5. The fourth-order valence-corrected chi connectivity index (χ4v) is 3.95. The summed E-state index contributed by atoms with van der Waals surface area (Å²) in [5.74, 6) is -3.98. The number of carbonyl (C=O) groups excluding carboxylic acids is 3. The Balaban J connectivity index is 0.000000530. The molecule has 3 heterocycles. The number of carbonyl (C=O) groups is 3. The molecule has 16 nitrogen and oxygen atoms in total. The summed E-state index contributed by atoms with van der Waals surface area (Å²) in [5.41, 5.74) is 1.03. The number of aliphatic hydroxyl groups is 2. The van der Waals surface area contributed by atoms with E-state index < -0.39 is 11.7 Å². The molecule has 0 unspecified atom stereocenters. The number of amides is 2. The Kier molecular flexibility index (Phi) is 10.4. The molecule has 2 fully saturated rings. The smallest absolute Gasteiger partial charge is 0.277 e. The van der Waals surface area contributed by atoms with Crippen LogP contribution in [-0.2, 0) is 20.9 Å². The molecule has 0 bridgehead atoms. The Hall–Kier alpha value is -4.45. The number of para-hydroxylation sites is 1. The molecule has 0 atom stereocenters. The molecule has 17 heteroatoms. The molecular formula is C26H32BN9O7. The predicted molar refractivity (Wildman–Crippen MR) is 153 cm³/mol. The number of rotatable bonds is 10. The fourth-order valence-electron chi connectivity index (χ4n) is 3.95. The van der Waals surface area contributed by atoms with Gasteiger partial charge in [0.15, 0.2) is 30.9 Å². The van der Waals surface area contributed by atoms with Gasteiger partial charge in [-0.2, -0.15) is 15.0 Å². The van der Waals surface area contributed by atoms with Crippen molar-refractivity contribution in [1.29, 1.82) is 0 Å². The molecule has 1 saturated heterocycles. The zero-order chi connectivity index (χ0) is 31.0. The van der Waals surface area contributed by atoms with Crippen LogP contribution >= 0.6 is 0 Å². The van der Waals surface area contributed by atoms with E-state index in [1.165, 1.54) is 24.2 Å². The Labute approximate surface area is 248 Å². The third kappa shape index (κ3) is 9.02. The maximum Gasteiger partial charge on any atom is 0.277 e. The lowest BCUT2D eigenvalue weighted by Crippen LogP contribution is -2.49. The molecule has 5 N–H and O–H groups in total. The number of aromatic nitrogens is 5. The molecule has 1 aliphatic heterocycles. The largest absolute Gasteiger partial charge is 0.494 e. The van der Waals surface area contributed by atoms with Gasteiger partial charge in [0.25, 0.3) is 5.91 Å². The molecule has 2 radical (unpaired) electrons. The second-order valence-electron chi connectivity index (χ2n) is 9.81. The SMILES string of the molecule is CN1CCOCC1.[B]C(O)(O)NC(=O)c1nnc(NC(=O)C2CC2)cc1Nc1cccc(-c2cnn(CC=O)n2)c1OC. The third-order valence-corrected chi connectivity index (χ3v) is 6.28. The van der Waals surface area contributed by atoms with Crippen molar-refractivity contribution in [1.82, 2.24) is 35.4 Å². The standard InChI is InChI=1S/C21H21BN8O6.C5H11NO/c1-36-18-12(15-10-23-30(29-15)7-8-31)3-2-4-13(18)24-14-9-16(25-19(32)11-5-6-11)27-28-17(14)20(33)26-21(22,34)35;1-6-2-4-7-5-3-6/h2-4,8-11,34-35H,5-7H2,1H3,(H,26,33)(H2,24,25,27,32);2-5H2,1H3. The number of likely N-dealkylation sites (N-methyl/N-ethyl adjacent to an activating group) is 1. The van der Waals surface area contributed by atoms with Crippen LogP contribution < -0.4 is 20.7 Å². The first-order chi connectivity index (χ1) is 20.6. The van der Waals surface area contributed by atoms with E-state index in [1.54, 1.807) is 23.5 Å². The van der Waals surface area contributed by atoms with Gasteiger partial charge in [-0.15, -0.1) is 10.2 Å². The molecular weight excluding hydrogens is 561 g/mol. The summed E-state index contributed by atoms with van der Waals surface area (Å²) in [4.78, 5) is 39.0. The number of benzene rings is 1. The Morgan fingerprint density at radius 2 is 1.95 bits per heavy atom. The van der Waals surface area contributed by atoms with Crippen LogP contribution in [-0.4, -0.2) is 113 Å². The van der Waals surface area contributed by atoms with Gasteiger partial charge in [0.1, 0.15) is 18.5 Å². The number of nitrogens with zero attached hydrogens (tertiary/aromatic N) is 6. The molecule has 226 valence electrons. The van der Waals surface area contributed by atoms with Crippen LogP contribution in [0.5, 0.6) is 5.75 Å². The maximum atomic E-state index is 12.6. The normalized spacial score (nSPS) is 15.1. The first kappa shape index (κ1) is 31.5. The highest BCUT2D eigenvalue weighted by molar-refractivity contribution is 6.15. The van der Waals surface area contributed by atoms with Crippen LogP contribution in [0.1, 0.15) is 23.3 Å². The zero-order valence-corrected chi connectivity index (χ0v) is 23.7. The molecule has 2 aromatic heterocycles. The van der Waals surface area contributed by atoms with Crippen molar-refractivity contribution in [3.05, 3.63) is 36.2 Å². The van der Waals surface area contributed by atoms with Gasteiger partial charge in [-0.3, -0.25) is 9.59 Å². The number of hydrogen-bond donors (Lipinski definition) is 5. The van der Waals surface area contributed by atoms with Gasteiger partial charge in [-0.1, -0.05) is 6.07 Å². The number of aldehydes is 1. The number of hydrogen-bond acceptors (Lipinski definition) is 13. The van der Waals surface area contributed by atoms with E-state index in [0.717, 1.165) is 39.1 Å². The first-order valence-corrected chi connectivity index (χ1v) is 13.4. The summed E-state index contributed by atoms with van der Waals surface area (Å²) in [5, 5.41) is 42.1. The van der Waals surface area contributed by atoms with E-state index in [9.17, 15) is 24.6 Å². The van der Waals surface area contributed by atoms with Gasteiger partial charge in [0, 0.05) is 30.6 Å². The molecule has 5 rings (SSSR count). The lowest BCUT2D eigenvalue weighted by molar-refractivity contribution is -0.117. The zero-order valence-electron chi connectivity index (χ0n) is 23.7. The van der Waals surface area contributed by atoms with Gasteiger partial charge in [-0.25, -0.2) is 0 Å². The monoisotopic (exact) mass is 593 g/mol. The minimum absolute atomic E-state index is 0.0187. The highest BCUT2D eigenvalue weighted by Crippen LogP contribution is 2.37. The average molecular weight is 593 g/mol. The van der Waals surface area contributed by atoms with Gasteiger partial charge < -0.3 is 45.3 Å². The van der Waals surface area contributed by atoms with Crippen LogP contribution in [0.2, 0.25) is 0 Å². The maximum absolute atomic E-state index is 12.6. The number of morpholine rings is 1. The Morgan fingerprint density at radius 3 is 2.56 bits per heavy atom. The molecule has 43 heavy (non-hydrogen) atoms. The van der Waals surface area contributed by atoms with Gasteiger partial charge in [0.2, 0.25) is 5.91 Å². The van der Waals surface area contributed by atoms with E-state index in [0.29, 0.717) is 29.0 Å². The van der Waals surface area contributed by atoms with E-state index in [4.69, 9.17) is 17.3 Å². The van der Waals surface area contributed by atoms with E-state index >= 15 is 0 Å². The van der Waals surface area contributed by atoms with Crippen molar-refractivity contribution < 1.29 is 34.1 Å². The number of ether oxygens (including phenoxy) is 2. The second-order valence-corrected chi connectivity index (χ2v) is 9.81. The van der Waals surface area contributed by atoms with Crippen LogP contribution in [0, 0.1) is 5.92 Å². The molecule has 1 aliphatic carbocycles. The van der Waals surface area contributed by atoms with E-state index in [1.807, 2.05) is 0 Å². The lowest BCUT2D eigenvalue weighted by atomic mass is 10.0. The molecule has 2 amide bonds.